The molecule has 0 radical (unpaired) electrons. The van der Waals surface area contributed by atoms with Gasteiger partial charge in [0.2, 0.25) is 5.91 Å². The molecular formula is C25H23F3N2O3. The van der Waals surface area contributed by atoms with Gasteiger partial charge < -0.3 is 10.8 Å². The SMILES string of the molecule is NC(=O)c1cccc(-c2ccc(CCC3Cc4ccccc4C3)nc2)c1.O=C(O)C(F)(F)F. The van der Waals surface area contributed by atoms with Crippen molar-refractivity contribution in [2.45, 2.75) is 31.9 Å². The van der Waals surface area contributed by atoms with Crippen LogP contribution in [0.3, 0.4) is 0 Å². The van der Waals surface area contributed by atoms with E-state index >= 15 is 0 Å². The molecule has 0 aliphatic heterocycles. The summed E-state index contributed by atoms with van der Waals surface area (Å²) >= 11 is 0. The van der Waals surface area contributed by atoms with Crippen LogP contribution in [0.15, 0.2) is 66.9 Å². The van der Waals surface area contributed by atoms with E-state index in [2.05, 4.69) is 41.4 Å². The van der Waals surface area contributed by atoms with Gasteiger partial charge in [0.1, 0.15) is 0 Å². The Bertz CT molecular complexity index is 1100. The largest absolute Gasteiger partial charge is 0.490 e. The van der Waals surface area contributed by atoms with E-state index in [1.54, 1.807) is 6.07 Å². The second-order valence-corrected chi connectivity index (χ2v) is 7.87. The number of carbonyl (C=O) groups is 2. The van der Waals surface area contributed by atoms with Crippen LogP contribution < -0.4 is 5.73 Å². The molecule has 0 saturated carbocycles. The third-order valence-electron chi connectivity index (χ3n) is 5.49. The van der Waals surface area contributed by atoms with Crippen LogP contribution in [0, 0.1) is 5.92 Å². The summed E-state index contributed by atoms with van der Waals surface area (Å²) in [6, 6.07) is 20.3. The lowest BCUT2D eigenvalue weighted by molar-refractivity contribution is -0.192. The summed E-state index contributed by atoms with van der Waals surface area (Å²) in [5.41, 5.74) is 12.0. The van der Waals surface area contributed by atoms with Crippen molar-refractivity contribution >= 4 is 11.9 Å². The maximum atomic E-state index is 11.3. The van der Waals surface area contributed by atoms with Gasteiger partial charge in [-0.05, 0) is 66.5 Å². The van der Waals surface area contributed by atoms with Crippen molar-refractivity contribution in [2.24, 2.45) is 11.7 Å². The smallest absolute Gasteiger partial charge is 0.475 e. The number of hydrogen-bond acceptors (Lipinski definition) is 3. The maximum absolute atomic E-state index is 11.3. The molecule has 33 heavy (non-hydrogen) atoms. The Balaban J connectivity index is 0.000000383. The number of primary amides is 1. The van der Waals surface area contributed by atoms with Crippen LogP contribution in [0.2, 0.25) is 0 Å². The Morgan fingerprint density at radius 1 is 0.970 bits per heavy atom. The monoisotopic (exact) mass is 456 g/mol. The Labute approximate surface area is 189 Å². The molecule has 1 heterocycles. The number of amides is 1. The summed E-state index contributed by atoms with van der Waals surface area (Å²) in [7, 11) is 0. The molecule has 1 amide bonds. The van der Waals surface area contributed by atoms with Gasteiger partial charge in [0, 0.05) is 23.0 Å². The van der Waals surface area contributed by atoms with Gasteiger partial charge in [-0.25, -0.2) is 4.79 Å². The number of aromatic nitrogens is 1. The summed E-state index contributed by atoms with van der Waals surface area (Å²) in [4.78, 5) is 24.9. The summed E-state index contributed by atoms with van der Waals surface area (Å²) in [5, 5.41) is 7.12. The molecule has 3 aromatic rings. The fourth-order valence-corrected chi connectivity index (χ4v) is 3.80. The lowest BCUT2D eigenvalue weighted by Gasteiger charge is -2.09. The van der Waals surface area contributed by atoms with E-state index < -0.39 is 18.1 Å². The first kappa shape index (κ1) is 24.0. The predicted octanol–water partition coefficient (Wildman–Crippen LogP) is 4.83. The van der Waals surface area contributed by atoms with Crippen molar-refractivity contribution in [3.8, 4) is 11.1 Å². The Morgan fingerprint density at radius 2 is 1.61 bits per heavy atom. The highest BCUT2D eigenvalue weighted by Crippen LogP contribution is 2.29. The first-order valence-electron chi connectivity index (χ1n) is 10.4. The molecule has 0 spiro atoms. The van der Waals surface area contributed by atoms with Crippen LogP contribution in [-0.2, 0) is 24.1 Å². The van der Waals surface area contributed by atoms with E-state index in [1.165, 1.54) is 24.0 Å². The zero-order valence-corrected chi connectivity index (χ0v) is 17.7. The molecule has 0 saturated heterocycles. The number of pyridine rings is 1. The van der Waals surface area contributed by atoms with Crippen molar-refractivity contribution in [1.82, 2.24) is 4.98 Å². The molecule has 0 atom stereocenters. The molecule has 1 aromatic heterocycles. The van der Waals surface area contributed by atoms with E-state index in [9.17, 15) is 18.0 Å². The molecule has 172 valence electrons. The van der Waals surface area contributed by atoms with Gasteiger partial charge in [0.05, 0.1) is 0 Å². The number of benzene rings is 2. The summed E-state index contributed by atoms with van der Waals surface area (Å²) in [6.45, 7) is 0. The van der Waals surface area contributed by atoms with Gasteiger partial charge in [-0.3, -0.25) is 9.78 Å². The van der Waals surface area contributed by atoms with Gasteiger partial charge >= 0.3 is 12.1 Å². The van der Waals surface area contributed by atoms with Crippen LogP contribution in [0.5, 0.6) is 0 Å². The third kappa shape index (κ3) is 6.65. The number of carboxylic acids is 1. The Kier molecular flexibility index (Phi) is 7.48. The van der Waals surface area contributed by atoms with Crippen LogP contribution >= 0.6 is 0 Å². The molecule has 0 fully saturated rings. The molecule has 0 unspecified atom stereocenters. The second-order valence-electron chi connectivity index (χ2n) is 7.87. The van der Waals surface area contributed by atoms with Crippen LogP contribution in [0.4, 0.5) is 13.2 Å². The molecule has 8 heteroatoms. The van der Waals surface area contributed by atoms with Gasteiger partial charge in [0.25, 0.3) is 0 Å². The number of aliphatic carboxylic acids is 1. The molecule has 5 nitrogen and oxygen atoms in total. The number of fused-ring (bicyclic) bond motifs is 1. The molecule has 3 N–H and O–H groups in total. The minimum atomic E-state index is -5.08. The number of rotatable bonds is 5. The number of aryl methyl sites for hydroxylation is 1. The number of nitrogens with two attached hydrogens (primary N) is 1. The Morgan fingerprint density at radius 3 is 2.12 bits per heavy atom. The molecular weight excluding hydrogens is 433 g/mol. The first-order valence-corrected chi connectivity index (χ1v) is 10.4. The normalized spacial score (nSPS) is 13.1. The number of nitrogens with zero attached hydrogens (tertiary/aromatic N) is 1. The van der Waals surface area contributed by atoms with Crippen LogP contribution in [0.1, 0.15) is 33.6 Å². The van der Waals surface area contributed by atoms with Crippen LogP contribution in [0.25, 0.3) is 11.1 Å². The van der Waals surface area contributed by atoms with Crippen molar-refractivity contribution in [3.63, 3.8) is 0 Å². The van der Waals surface area contributed by atoms with Crippen LogP contribution in [-0.4, -0.2) is 28.1 Å². The minimum absolute atomic E-state index is 0.408. The summed E-state index contributed by atoms with van der Waals surface area (Å²) < 4.78 is 31.7. The van der Waals surface area contributed by atoms with E-state index in [4.69, 9.17) is 15.6 Å². The van der Waals surface area contributed by atoms with Crippen molar-refractivity contribution in [2.75, 3.05) is 0 Å². The topological polar surface area (TPSA) is 93.3 Å². The zero-order chi connectivity index (χ0) is 24.0. The summed E-state index contributed by atoms with van der Waals surface area (Å²) in [6.07, 6.45) is 1.35. The van der Waals surface area contributed by atoms with Crippen molar-refractivity contribution < 1.29 is 27.9 Å². The Hall–Kier alpha value is -3.68. The maximum Gasteiger partial charge on any atom is 0.490 e. The van der Waals surface area contributed by atoms with E-state index in [-0.39, 0.29) is 0 Å². The van der Waals surface area contributed by atoms with E-state index in [1.807, 2.05) is 24.4 Å². The number of halogens is 3. The lowest BCUT2D eigenvalue weighted by Crippen LogP contribution is -2.21. The third-order valence-corrected chi connectivity index (χ3v) is 5.49. The highest BCUT2D eigenvalue weighted by Gasteiger charge is 2.38. The predicted molar refractivity (Wildman–Crippen MR) is 118 cm³/mol. The fraction of sp³-hybridized carbons (Fsp3) is 0.240. The molecule has 1 aliphatic carbocycles. The quantitative estimate of drug-likeness (QED) is 0.575. The average molecular weight is 456 g/mol. The average Bonchev–Trinajstić information content (AvgIpc) is 3.21. The molecule has 2 aromatic carbocycles. The number of hydrogen-bond donors (Lipinski definition) is 2. The first-order chi connectivity index (χ1) is 15.6. The zero-order valence-electron chi connectivity index (χ0n) is 17.7. The van der Waals surface area contributed by atoms with Crippen molar-refractivity contribution in [1.29, 1.82) is 0 Å². The van der Waals surface area contributed by atoms with Gasteiger partial charge in [0.15, 0.2) is 0 Å². The molecule has 1 aliphatic rings. The van der Waals surface area contributed by atoms with E-state index in [0.29, 0.717) is 5.56 Å². The highest BCUT2D eigenvalue weighted by atomic mass is 19.4. The van der Waals surface area contributed by atoms with Gasteiger partial charge in [-0.1, -0.05) is 42.5 Å². The lowest BCUT2D eigenvalue weighted by atomic mass is 9.98. The summed E-state index contributed by atoms with van der Waals surface area (Å²) in [5.74, 6) is -2.44. The number of alkyl halides is 3. The number of carboxylic acid groups (broad SMARTS) is 1. The number of carbonyl (C=O) groups excluding carboxylic acids is 1. The van der Waals surface area contributed by atoms with E-state index in [0.717, 1.165) is 35.6 Å². The van der Waals surface area contributed by atoms with Gasteiger partial charge in [-0.15, -0.1) is 0 Å². The highest BCUT2D eigenvalue weighted by molar-refractivity contribution is 5.94. The van der Waals surface area contributed by atoms with Gasteiger partial charge in [-0.2, -0.15) is 13.2 Å². The van der Waals surface area contributed by atoms with Crippen molar-refractivity contribution in [3.05, 3.63) is 89.2 Å². The molecule has 0 bridgehead atoms. The minimum Gasteiger partial charge on any atom is -0.475 e. The molecule has 4 rings (SSSR count). The second kappa shape index (κ2) is 10.3. The standard InChI is InChI=1S/C23H22N2O.C2HF3O2/c24-23(26)20-7-3-6-19(14-20)21-9-11-22(25-15-21)10-8-16-12-17-4-1-2-5-18(17)13-16;3-2(4,5)1(6)7/h1-7,9,11,14-16H,8,10,12-13H2,(H2,24,26);(H,6,7). The fourth-order valence-electron chi connectivity index (χ4n) is 3.80.